The molecule has 1 aromatic carbocycles. The maximum Gasteiger partial charge on any atom is 0.253 e. The van der Waals surface area contributed by atoms with Crippen LogP contribution in [0.4, 0.5) is 0 Å². The molecule has 0 radical (unpaired) electrons. The van der Waals surface area contributed by atoms with E-state index in [1.165, 1.54) is 10.4 Å². The number of thiophene rings is 1. The van der Waals surface area contributed by atoms with E-state index < -0.39 is 0 Å². The standard InChI is InChI=1S/C20H24N2O2S/c23-20(17-5-3-16(4-6-17)19-2-1-15-25-19)22-9-7-18(8-10-22)21-11-13-24-14-12-21/h1-6,15,18H,7-14H2. The second-order valence-corrected chi connectivity index (χ2v) is 7.67. The van der Waals surface area contributed by atoms with Gasteiger partial charge in [0.2, 0.25) is 0 Å². The predicted octanol–water partition coefficient (Wildman–Crippen LogP) is 3.35. The van der Waals surface area contributed by atoms with Crippen LogP contribution in [0.15, 0.2) is 41.8 Å². The van der Waals surface area contributed by atoms with Gasteiger partial charge in [0, 0.05) is 42.7 Å². The van der Waals surface area contributed by atoms with Crippen LogP contribution >= 0.6 is 11.3 Å². The van der Waals surface area contributed by atoms with Gasteiger partial charge in [0.1, 0.15) is 0 Å². The largest absolute Gasteiger partial charge is 0.379 e. The molecular weight excluding hydrogens is 332 g/mol. The average molecular weight is 356 g/mol. The first-order chi connectivity index (χ1) is 12.3. The van der Waals surface area contributed by atoms with Crippen LogP contribution in [0.1, 0.15) is 23.2 Å². The number of hydrogen-bond donors (Lipinski definition) is 0. The summed E-state index contributed by atoms with van der Waals surface area (Å²) in [6, 6.07) is 12.8. The van der Waals surface area contributed by atoms with E-state index in [-0.39, 0.29) is 5.91 Å². The van der Waals surface area contributed by atoms with Crippen molar-refractivity contribution in [2.75, 3.05) is 39.4 Å². The van der Waals surface area contributed by atoms with Crippen LogP contribution in [0.25, 0.3) is 10.4 Å². The fraction of sp³-hybridized carbons (Fsp3) is 0.450. The quantitative estimate of drug-likeness (QED) is 0.845. The monoisotopic (exact) mass is 356 g/mol. The molecule has 3 heterocycles. The number of carbonyl (C=O) groups is 1. The first-order valence-corrected chi connectivity index (χ1v) is 9.94. The highest BCUT2D eigenvalue weighted by Gasteiger charge is 2.28. The molecule has 1 aromatic heterocycles. The Labute approximate surface area is 153 Å². The minimum absolute atomic E-state index is 0.165. The van der Waals surface area contributed by atoms with Crippen LogP contribution in [0.2, 0.25) is 0 Å². The maximum atomic E-state index is 12.8. The minimum Gasteiger partial charge on any atom is -0.379 e. The van der Waals surface area contributed by atoms with E-state index in [0.717, 1.165) is 57.8 Å². The molecule has 0 N–H and O–H groups in total. The van der Waals surface area contributed by atoms with Crippen molar-refractivity contribution < 1.29 is 9.53 Å². The zero-order chi connectivity index (χ0) is 17.1. The van der Waals surface area contributed by atoms with E-state index in [1.54, 1.807) is 11.3 Å². The minimum atomic E-state index is 0.165. The van der Waals surface area contributed by atoms with E-state index in [4.69, 9.17) is 4.74 Å². The lowest BCUT2D eigenvalue weighted by atomic mass is 10.0. The van der Waals surface area contributed by atoms with Gasteiger partial charge in [-0.05, 0) is 42.0 Å². The van der Waals surface area contributed by atoms with Gasteiger partial charge in [-0.2, -0.15) is 0 Å². The summed E-state index contributed by atoms with van der Waals surface area (Å²) in [5.74, 6) is 0.165. The Morgan fingerprint density at radius 3 is 2.36 bits per heavy atom. The lowest BCUT2D eigenvalue weighted by Gasteiger charge is -2.40. The van der Waals surface area contributed by atoms with Gasteiger partial charge in [0.15, 0.2) is 0 Å². The molecular formula is C20H24N2O2S. The van der Waals surface area contributed by atoms with Gasteiger partial charge in [0.05, 0.1) is 13.2 Å². The zero-order valence-corrected chi connectivity index (χ0v) is 15.2. The number of piperidine rings is 1. The molecule has 4 nitrogen and oxygen atoms in total. The van der Waals surface area contributed by atoms with E-state index in [9.17, 15) is 4.79 Å². The maximum absolute atomic E-state index is 12.8. The fourth-order valence-electron chi connectivity index (χ4n) is 3.78. The van der Waals surface area contributed by atoms with E-state index in [2.05, 4.69) is 34.5 Å². The molecule has 0 spiro atoms. The molecule has 4 rings (SSSR count). The van der Waals surface area contributed by atoms with Gasteiger partial charge < -0.3 is 9.64 Å². The number of hydrogen-bond acceptors (Lipinski definition) is 4. The molecule has 0 aliphatic carbocycles. The number of nitrogens with zero attached hydrogens (tertiary/aromatic N) is 2. The molecule has 25 heavy (non-hydrogen) atoms. The summed E-state index contributed by atoms with van der Waals surface area (Å²) in [6.45, 7) is 5.46. The van der Waals surface area contributed by atoms with Crippen molar-refractivity contribution in [1.29, 1.82) is 0 Å². The molecule has 0 bridgehead atoms. The Hall–Kier alpha value is -1.69. The third-order valence-electron chi connectivity index (χ3n) is 5.25. The van der Waals surface area contributed by atoms with Crippen LogP contribution in [-0.2, 0) is 4.74 Å². The zero-order valence-electron chi connectivity index (χ0n) is 14.4. The van der Waals surface area contributed by atoms with E-state index in [0.29, 0.717) is 6.04 Å². The SMILES string of the molecule is O=C(c1ccc(-c2cccs2)cc1)N1CCC(N2CCOCC2)CC1. The fourth-order valence-corrected chi connectivity index (χ4v) is 4.51. The molecule has 2 saturated heterocycles. The number of benzene rings is 1. The number of amides is 1. The third-order valence-corrected chi connectivity index (χ3v) is 6.17. The van der Waals surface area contributed by atoms with Gasteiger partial charge in [-0.25, -0.2) is 0 Å². The summed E-state index contributed by atoms with van der Waals surface area (Å²) in [6.07, 6.45) is 2.14. The van der Waals surface area contributed by atoms with Crippen LogP contribution < -0.4 is 0 Å². The summed E-state index contributed by atoms with van der Waals surface area (Å²) >= 11 is 1.72. The number of morpholine rings is 1. The first-order valence-electron chi connectivity index (χ1n) is 9.06. The Balaban J connectivity index is 1.35. The lowest BCUT2D eigenvalue weighted by molar-refractivity contribution is 0.00159. The molecule has 0 saturated carbocycles. The van der Waals surface area contributed by atoms with Gasteiger partial charge in [-0.15, -0.1) is 11.3 Å². The van der Waals surface area contributed by atoms with Crippen LogP contribution in [0.3, 0.4) is 0 Å². The van der Waals surface area contributed by atoms with Crippen molar-refractivity contribution in [3.05, 3.63) is 47.3 Å². The van der Waals surface area contributed by atoms with Gasteiger partial charge >= 0.3 is 0 Å². The molecule has 5 heteroatoms. The molecule has 2 aliphatic rings. The summed E-state index contributed by atoms with van der Waals surface area (Å²) in [5.41, 5.74) is 1.97. The first kappa shape index (κ1) is 16.8. The van der Waals surface area contributed by atoms with E-state index >= 15 is 0 Å². The number of likely N-dealkylation sites (tertiary alicyclic amines) is 1. The van der Waals surface area contributed by atoms with Crippen LogP contribution in [-0.4, -0.2) is 61.1 Å². The van der Waals surface area contributed by atoms with Crippen LogP contribution in [0.5, 0.6) is 0 Å². The summed E-state index contributed by atoms with van der Waals surface area (Å²) < 4.78 is 5.44. The summed E-state index contributed by atoms with van der Waals surface area (Å²) in [4.78, 5) is 18.6. The van der Waals surface area contributed by atoms with Crippen molar-refractivity contribution in [2.45, 2.75) is 18.9 Å². The van der Waals surface area contributed by atoms with Crippen molar-refractivity contribution in [3.8, 4) is 10.4 Å². The molecule has 2 aromatic rings. The second kappa shape index (κ2) is 7.68. The molecule has 0 unspecified atom stereocenters. The number of carbonyl (C=O) groups excluding carboxylic acids is 1. The highest BCUT2D eigenvalue weighted by atomic mass is 32.1. The van der Waals surface area contributed by atoms with E-state index in [1.807, 2.05) is 17.0 Å². The van der Waals surface area contributed by atoms with Crippen molar-refractivity contribution in [1.82, 2.24) is 9.80 Å². The van der Waals surface area contributed by atoms with Gasteiger partial charge in [-0.1, -0.05) is 18.2 Å². The molecule has 2 fully saturated rings. The predicted molar refractivity (Wildman–Crippen MR) is 101 cm³/mol. The topological polar surface area (TPSA) is 32.8 Å². The average Bonchev–Trinajstić information content (AvgIpc) is 3.23. The number of ether oxygens (including phenoxy) is 1. The smallest absolute Gasteiger partial charge is 0.253 e. The summed E-state index contributed by atoms with van der Waals surface area (Å²) in [7, 11) is 0. The Kier molecular flexibility index (Phi) is 5.15. The third kappa shape index (κ3) is 3.78. The number of rotatable bonds is 3. The normalized spacial score (nSPS) is 19.9. The highest BCUT2D eigenvalue weighted by Crippen LogP contribution is 2.25. The molecule has 0 atom stereocenters. The second-order valence-electron chi connectivity index (χ2n) is 6.73. The van der Waals surface area contributed by atoms with Crippen molar-refractivity contribution >= 4 is 17.2 Å². The van der Waals surface area contributed by atoms with Crippen LogP contribution in [0, 0.1) is 0 Å². The van der Waals surface area contributed by atoms with Gasteiger partial charge in [-0.3, -0.25) is 9.69 Å². The van der Waals surface area contributed by atoms with Gasteiger partial charge in [0.25, 0.3) is 5.91 Å². The summed E-state index contributed by atoms with van der Waals surface area (Å²) in [5, 5.41) is 2.08. The van der Waals surface area contributed by atoms with Crippen molar-refractivity contribution in [3.63, 3.8) is 0 Å². The van der Waals surface area contributed by atoms with Crippen molar-refractivity contribution in [2.24, 2.45) is 0 Å². The Morgan fingerprint density at radius 2 is 1.72 bits per heavy atom. The molecule has 2 aliphatic heterocycles. The lowest BCUT2D eigenvalue weighted by Crippen LogP contribution is -2.50. The molecule has 1 amide bonds. The Morgan fingerprint density at radius 1 is 1.00 bits per heavy atom. The highest BCUT2D eigenvalue weighted by molar-refractivity contribution is 7.13. The Bertz CT molecular complexity index is 685. The molecule has 132 valence electrons.